The molecule has 5 nitrogen and oxygen atoms in total. The average molecular weight is 398 g/mol. The molecule has 1 N–H and O–H groups in total. The summed E-state index contributed by atoms with van der Waals surface area (Å²) in [5, 5.41) is 14.2. The summed E-state index contributed by atoms with van der Waals surface area (Å²) in [7, 11) is 0. The number of amides is 1. The summed E-state index contributed by atoms with van der Waals surface area (Å²) in [6, 6.07) is 16.3. The Hall–Kier alpha value is -2.75. The van der Waals surface area contributed by atoms with Crippen molar-refractivity contribution in [3.05, 3.63) is 59.1 Å². The van der Waals surface area contributed by atoms with Crippen molar-refractivity contribution in [1.29, 1.82) is 5.26 Å². The molecule has 0 bridgehead atoms. The lowest BCUT2D eigenvalue weighted by Crippen LogP contribution is -2.14. The van der Waals surface area contributed by atoms with Gasteiger partial charge < -0.3 is 10.1 Å². The topological polar surface area (TPSA) is 75.0 Å². The summed E-state index contributed by atoms with van der Waals surface area (Å²) in [6.45, 7) is 2.48. The number of pyridine rings is 1. The zero-order valence-electron chi connectivity index (χ0n) is 14.5. The maximum Gasteiger partial charge on any atom is 0.234 e. The van der Waals surface area contributed by atoms with Gasteiger partial charge in [0.2, 0.25) is 5.91 Å². The molecular formula is C20H16ClN3O2S. The SMILES string of the molecule is CCOc1ccc2nc(SCC(=O)Nc3ccc(Cl)cc3)c(C#N)cc2c1. The largest absolute Gasteiger partial charge is 0.494 e. The molecule has 1 aromatic heterocycles. The van der Waals surface area contributed by atoms with Crippen LogP contribution >= 0.6 is 23.4 Å². The van der Waals surface area contributed by atoms with Crippen LogP contribution in [0.5, 0.6) is 5.75 Å². The lowest BCUT2D eigenvalue weighted by atomic mass is 10.1. The molecule has 0 saturated heterocycles. The van der Waals surface area contributed by atoms with Crippen molar-refractivity contribution in [3.8, 4) is 11.8 Å². The van der Waals surface area contributed by atoms with E-state index in [1.54, 1.807) is 30.3 Å². The molecule has 27 heavy (non-hydrogen) atoms. The number of fused-ring (bicyclic) bond motifs is 1. The fourth-order valence-corrected chi connectivity index (χ4v) is 3.34. The second-order valence-electron chi connectivity index (χ2n) is 5.58. The molecule has 1 amide bonds. The molecule has 3 rings (SSSR count). The highest BCUT2D eigenvalue weighted by Gasteiger charge is 2.11. The number of ether oxygens (including phenoxy) is 1. The van der Waals surface area contributed by atoms with E-state index in [1.165, 1.54) is 11.8 Å². The van der Waals surface area contributed by atoms with Crippen molar-refractivity contribution in [1.82, 2.24) is 4.98 Å². The summed E-state index contributed by atoms with van der Waals surface area (Å²) >= 11 is 7.06. The Morgan fingerprint density at radius 2 is 2.04 bits per heavy atom. The molecule has 0 spiro atoms. The number of rotatable bonds is 6. The van der Waals surface area contributed by atoms with Crippen molar-refractivity contribution >= 4 is 45.9 Å². The van der Waals surface area contributed by atoms with E-state index >= 15 is 0 Å². The summed E-state index contributed by atoms with van der Waals surface area (Å²) in [5.74, 6) is 0.700. The van der Waals surface area contributed by atoms with Crippen LogP contribution in [0.3, 0.4) is 0 Å². The Morgan fingerprint density at radius 1 is 1.26 bits per heavy atom. The Bertz CT molecular complexity index is 1020. The molecule has 0 aliphatic heterocycles. The number of nitriles is 1. The lowest BCUT2D eigenvalue weighted by Gasteiger charge is -2.08. The number of carbonyl (C=O) groups is 1. The molecular weight excluding hydrogens is 382 g/mol. The maximum absolute atomic E-state index is 12.2. The Kier molecular flexibility index (Phi) is 6.17. The van der Waals surface area contributed by atoms with Crippen LogP contribution in [0.1, 0.15) is 12.5 Å². The molecule has 0 unspecified atom stereocenters. The van der Waals surface area contributed by atoms with Gasteiger partial charge in [-0.2, -0.15) is 5.26 Å². The van der Waals surface area contributed by atoms with Gasteiger partial charge in [0.15, 0.2) is 0 Å². The van der Waals surface area contributed by atoms with Crippen molar-refractivity contribution in [2.75, 3.05) is 17.7 Å². The normalized spacial score (nSPS) is 10.4. The summed E-state index contributed by atoms with van der Waals surface area (Å²) in [6.07, 6.45) is 0. The van der Waals surface area contributed by atoms with Gasteiger partial charge in [0.25, 0.3) is 0 Å². The second-order valence-corrected chi connectivity index (χ2v) is 6.98. The molecule has 0 radical (unpaired) electrons. The maximum atomic E-state index is 12.2. The Morgan fingerprint density at radius 3 is 2.74 bits per heavy atom. The first kappa shape index (κ1) is 19.0. The number of nitrogens with one attached hydrogen (secondary N) is 1. The number of aromatic nitrogens is 1. The number of thioether (sulfide) groups is 1. The predicted octanol–water partition coefficient (Wildman–Crippen LogP) is 4.89. The van der Waals surface area contributed by atoms with E-state index in [1.807, 2.05) is 25.1 Å². The highest BCUT2D eigenvalue weighted by Crippen LogP contribution is 2.27. The molecule has 3 aromatic rings. The van der Waals surface area contributed by atoms with E-state index in [2.05, 4.69) is 16.4 Å². The van der Waals surface area contributed by atoms with Crippen LogP contribution in [-0.4, -0.2) is 23.3 Å². The number of halogens is 1. The number of hydrogen-bond acceptors (Lipinski definition) is 5. The van der Waals surface area contributed by atoms with E-state index in [0.717, 1.165) is 16.7 Å². The van der Waals surface area contributed by atoms with Gasteiger partial charge in [0.1, 0.15) is 16.8 Å². The fourth-order valence-electron chi connectivity index (χ4n) is 2.45. The third kappa shape index (κ3) is 4.91. The van der Waals surface area contributed by atoms with Gasteiger partial charge in [-0.15, -0.1) is 0 Å². The van der Waals surface area contributed by atoms with Gasteiger partial charge in [-0.05, 0) is 55.5 Å². The molecule has 7 heteroatoms. The van der Waals surface area contributed by atoms with Crippen molar-refractivity contribution in [2.45, 2.75) is 11.9 Å². The third-order valence-corrected chi connectivity index (χ3v) is 4.89. The average Bonchev–Trinajstić information content (AvgIpc) is 2.67. The van der Waals surface area contributed by atoms with Crippen LogP contribution in [0.25, 0.3) is 10.9 Å². The quantitative estimate of drug-likeness (QED) is 0.599. The van der Waals surface area contributed by atoms with Gasteiger partial charge in [-0.1, -0.05) is 23.4 Å². The van der Waals surface area contributed by atoms with Crippen LogP contribution in [0.4, 0.5) is 5.69 Å². The molecule has 0 fully saturated rings. The van der Waals surface area contributed by atoms with Crippen molar-refractivity contribution < 1.29 is 9.53 Å². The van der Waals surface area contributed by atoms with E-state index in [9.17, 15) is 10.1 Å². The van der Waals surface area contributed by atoms with Gasteiger partial charge in [0, 0.05) is 16.1 Å². The highest BCUT2D eigenvalue weighted by atomic mass is 35.5. The molecule has 0 aliphatic rings. The first-order valence-electron chi connectivity index (χ1n) is 8.25. The van der Waals surface area contributed by atoms with Crippen LogP contribution in [0.2, 0.25) is 5.02 Å². The minimum Gasteiger partial charge on any atom is -0.494 e. The lowest BCUT2D eigenvalue weighted by molar-refractivity contribution is -0.113. The van der Waals surface area contributed by atoms with E-state index in [0.29, 0.717) is 27.9 Å². The number of carbonyl (C=O) groups excluding carboxylic acids is 1. The van der Waals surface area contributed by atoms with Crippen LogP contribution in [0.15, 0.2) is 53.6 Å². The van der Waals surface area contributed by atoms with Crippen LogP contribution in [-0.2, 0) is 4.79 Å². The fraction of sp³-hybridized carbons (Fsp3) is 0.150. The highest BCUT2D eigenvalue weighted by molar-refractivity contribution is 8.00. The van der Waals surface area contributed by atoms with E-state index in [-0.39, 0.29) is 11.7 Å². The Labute approximate surface area is 166 Å². The molecule has 136 valence electrons. The van der Waals surface area contributed by atoms with Crippen molar-refractivity contribution in [2.24, 2.45) is 0 Å². The monoisotopic (exact) mass is 397 g/mol. The standard InChI is InChI=1S/C20H16ClN3O2S/c1-2-26-17-7-8-18-13(10-17)9-14(11-22)20(24-18)27-12-19(25)23-16-5-3-15(21)4-6-16/h3-10H,2,12H2,1H3,(H,23,25). The number of nitrogens with zero attached hydrogens (tertiary/aromatic N) is 2. The van der Waals surface area contributed by atoms with Gasteiger partial charge >= 0.3 is 0 Å². The molecule has 1 heterocycles. The minimum atomic E-state index is -0.181. The van der Waals surface area contributed by atoms with Gasteiger partial charge in [0.05, 0.1) is 23.4 Å². The first-order valence-corrected chi connectivity index (χ1v) is 9.61. The summed E-state index contributed by atoms with van der Waals surface area (Å²) < 4.78 is 5.48. The van der Waals surface area contributed by atoms with Crippen LogP contribution in [0, 0.1) is 11.3 Å². The number of benzene rings is 2. The predicted molar refractivity (Wildman–Crippen MR) is 108 cm³/mol. The number of hydrogen-bond donors (Lipinski definition) is 1. The first-order chi connectivity index (χ1) is 13.1. The van der Waals surface area contributed by atoms with Crippen LogP contribution < -0.4 is 10.1 Å². The molecule has 2 aromatic carbocycles. The third-order valence-electron chi connectivity index (χ3n) is 3.65. The molecule has 0 aliphatic carbocycles. The molecule has 0 saturated carbocycles. The second kappa shape index (κ2) is 8.76. The smallest absolute Gasteiger partial charge is 0.234 e. The summed E-state index contributed by atoms with van der Waals surface area (Å²) in [5.41, 5.74) is 1.85. The Balaban J connectivity index is 1.73. The summed E-state index contributed by atoms with van der Waals surface area (Å²) in [4.78, 5) is 16.7. The zero-order chi connectivity index (χ0) is 19.2. The van der Waals surface area contributed by atoms with Crippen molar-refractivity contribution in [3.63, 3.8) is 0 Å². The number of anilines is 1. The molecule has 0 atom stereocenters. The van der Waals surface area contributed by atoms with E-state index < -0.39 is 0 Å². The zero-order valence-corrected chi connectivity index (χ0v) is 16.1. The van der Waals surface area contributed by atoms with Gasteiger partial charge in [-0.25, -0.2) is 4.98 Å². The minimum absolute atomic E-state index is 0.146. The van der Waals surface area contributed by atoms with Gasteiger partial charge in [-0.3, -0.25) is 4.79 Å². The van der Waals surface area contributed by atoms with E-state index in [4.69, 9.17) is 16.3 Å².